The van der Waals surface area contributed by atoms with Crippen LogP contribution >= 0.6 is 11.3 Å². The van der Waals surface area contributed by atoms with Crippen LogP contribution in [0.5, 0.6) is 0 Å². The highest BCUT2D eigenvalue weighted by molar-refractivity contribution is 7.13. The van der Waals surface area contributed by atoms with E-state index in [9.17, 15) is 4.79 Å². The molecular formula is C21H32N4O2S. The molecule has 2 N–H and O–H groups in total. The quantitative estimate of drug-likeness (QED) is 0.790. The fraction of sp³-hybridized carbons (Fsp3) is 0.714. The average molecular weight is 405 g/mol. The Kier molecular flexibility index (Phi) is 6.33. The number of amides is 1. The minimum atomic E-state index is -0.0163. The lowest BCUT2D eigenvalue weighted by Crippen LogP contribution is -2.51. The largest absolute Gasteiger partial charge is 0.384 e. The summed E-state index contributed by atoms with van der Waals surface area (Å²) < 4.78 is 5.50. The summed E-state index contributed by atoms with van der Waals surface area (Å²) in [7, 11) is 0. The smallest absolute Gasteiger partial charge is 0.280 e. The van der Waals surface area contributed by atoms with Crippen molar-refractivity contribution in [3.05, 3.63) is 27.9 Å². The fourth-order valence-electron chi connectivity index (χ4n) is 4.70. The molecule has 0 aromatic carbocycles. The van der Waals surface area contributed by atoms with Crippen molar-refractivity contribution in [3.63, 3.8) is 0 Å². The van der Waals surface area contributed by atoms with Gasteiger partial charge >= 0.3 is 0 Å². The second-order valence-electron chi connectivity index (χ2n) is 8.35. The summed E-state index contributed by atoms with van der Waals surface area (Å²) in [6.45, 7) is 9.64. The lowest BCUT2D eigenvalue weighted by molar-refractivity contribution is 0.0293. The number of nitrogens with zero attached hydrogens (tertiary/aromatic N) is 2. The molecule has 2 aliphatic heterocycles. The molecule has 2 atom stereocenters. The van der Waals surface area contributed by atoms with Gasteiger partial charge in [0.2, 0.25) is 0 Å². The van der Waals surface area contributed by atoms with Gasteiger partial charge in [0.25, 0.3) is 5.91 Å². The molecule has 2 fully saturated rings. The third kappa shape index (κ3) is 4.58. The van der Waals surface area contributed by atoms with Gasteiger partial charge < -0.3 is 15.4 Å². The first-order valence-corrected chi connectivity index (χ1v) is 11.4. The van der Waals surface area contributed by atoms with Crippen molar-refractivity contribution in [3.8, 4) is 0 Å². The van der Waals surface area contributed by atoms with Crippen LogP contribution in [0, 0.1) is 0 Å². The van der Waals surface area contributed by atoms with E-state index in [1.54, 1.807) is 11.3 Å². The molecule has 0 bridgehead atoms. The van der Waals surface area contributed by atoms with Gasteiger partial charge in [-0.3, -0.25) is 9.69 Å². The van der Waals surface area contributed by atoms with E-state index in [4.69, 9.17) is 9.72 Å². The molecule has 1 saturated heterocycles. The van der Waals surface area contributed by atoms with Crippen molar-refractivity contribution in [1.82, 2.24) is 20.5 Å². The van der Waals surface area contributed by atoms with Crippen molar-refractivity contribution in [2.75, 3.05) is 19.8 Å². The zero-order valence-corrected chi connectivity index (χ0v) is 17.7. The number of carbonyl (C=O) groups excluding carboxylic acids is 1. The van der Waals surface area contributed by atoms with E-state index in [-0.39, 0.29) is 18.0 Å². The monoisotopic (exact) mass is 404 g/mol. The van der Waals surface area contributed by atoms with Crippen LogP contribution < -0.4 is 10.6 Å². The molecule has 6 nitrogen and oxygen atoms in total. The van der Waals surface area contributed by atoms with Crippen LogP contribution in [0.1, 0.15) is 65.8 Å². The number of ether oxygens (including phenoxy) is 1. The molecule has 1 aliphatic carbocycles. The van der Waals surface area contributed by atoms with Crippen molar-refractivity contribution in [1.29, 1.82) is 0 Å². The number of hydrogen-bond donors (Lipinski definition) is 2. The fourth-order valence-corrected chi connectivity index (χ4v) is 5.73. The predicted octanol–water partition coefficient (Wildman–Crippen LogP) is 2.84. The minimum absolute atomic E-state index is 0.0163. The van der Waals surface area contributed by atoms with Gasteiger partial charge in [-0.25, -0.2) is 4.98 Å². The van der Waals surface area contributed by atoms with E-state index >= 15 is 0 Å². The zero-order valence-electron chi connectivity index (χ0n) is 16.8. The molecule has 1 amide bonds. The van der Waals surface area contributed by atoms with Crippen LogP contribution in [0.2, 0.25) is 0 Å². The first-order chi connectivity index (χ1) is 13.6. The number of thiazole rings is 1. The molecule has 4 rings (SSSR count). The number of carbonyl (C=O) groups is 1. The van der Waals surface area contributed by atoms with E-state index in [1.807, 2.05) is 6.92 Å². The SMILES string of the molecule is C=C(C)N[C@H]1CCCC[C@H]1NC(=O)c1nc2c(s1)CN(C1CCOCC1)CC2. The number of fused-ring (bicyclic) bond motifs is 1. The van der Waals surface area contributed by atoms with E-state index in [2.05, 4.69) is 22.1 Å². The molecule has 154 valence electrons. The molecular weight excluding hydrogens is 372 g/mol. The number of nitrogens with one attached hydrogen (secondary N) is 2. The van der Waals surface area contributed by atoms with Crippen molar-refractivity contribution < 1.29 is 9.53 Å². The first kappa shape index (κ1) is 19.9. The van der Waals surface area contributed by atoms with Gasteiger partial charge in [0, 0.05) is 61.4 Å². The summed E-state index contributed by atoms with van der Waals surface area (Å²) in [5.41, 5.74) is 2.09. The van der Waals surface area contributed by atoms with Gasteiger partial charge in [-0.15, -0.1) is 11.3 Å². The van der Waals surface area contributed by atoms with Crippen LogP contribution in [0.25, 0.3) is 0 Å². The maximum atomic E-state index is 12.9. The maximum absolute atomic E-state index is 12.9. The third-order valence-electron chi connectivity index (χ3n) is 6.18. The maximum Gasteiger partial charge on any atom is 0.280 e. The van der Waals surface area contributed by atoms with E-state index in [0.29, 0.717) is 11.0 Å². The third-order valence-corrected chi connectivity index (χ3v) is 7.26. The van der Waals surface area contributed by atoms with Crippen LogP contribution in [0.3, 0.4) is 0 Å². The minimum Gasteiger partial charge on any atom is -0.384 e. The Bertz CT molecular complexity index is 713. The zero-order chi connectivity index (χ0) is 19.5. The lowest BCUT2D eigenvalue weighted by Gasteiger charge is -2.36. The van der Waals surface area contributed by atoms with Crippen molar-refractivity contribution in [2.24, 2.45) is 0 Å². The number of hydrogen-bond acceptors (Lipinski definition) is 6. The van der Waals surface area contributed by atoms with Gasteiger partial charge in [-0.05, 0) is 32.6 Å². The Labute approximate surface area is 171 Å². The van der Waals surface area contributed by atoms with E-state index < -0.39 is 0 Å². The van der Waals surface area contributed by atoms with Gasteiger partial charge in [0.15, 0.2) is 5.01 Å². The predicted molar refractivity (Wildman–Crippen MR) is 112 cm³/mol. The normalized spacial score (nSPS) is 26.5. The van der Waals surface area contributed by atoms with Crippen molar-refractivity contribution in [2.45, 2.75) is 76.5 Å². The Balaban J connectivity index is 1.39. The molecule has 0 radical (unpaired) electrons. The highest BCUT2D eigenvalue weighted by Crippen LogP contribution is 2.29. The molecule has 3 heterocycles. The van der Waals surface area contributed by atoms with Crippen LogP contribution in [-0.2, 0) is 17.7 Å². The first-order valence-electron chi connectivity index (χ1n) is 10.6. The molecule has 3 aliphatic rings. The Morgan fingerprint density at radius 3 is 2.61 bits per heavy atom. The second-order valence-corrected chi connectivity index (χ2v) is 9.43. The second kappa shape index (κ2) is 8.93. The van der Waals surface area contributed by atoms with Gasteiger partial charge in [-0.1, -0.05) is 19.4 Å². The average Bonchev–Trinajstić information content (AvgIpc) is 3.13. The van der Waals surface area contributed by atoms with Gasteiger partial charge in [0.1, 0.15) is 0 Å². The van der Waals surface area contributed by atoms with E-state index in [0.717, 1.165) is 76.2 Å². The number of aromatic nitrogens is 1. The standard InChI is InChI=1S/C21H32N4O2S/c1-14(2)22-16-5-3-4-6-17(16)23-20(26)21-24-18-7-10-25(13-19(18)28-21)15-8-11-27-12-9-15/h15-17,22H,1,3-13H2,2H3,(H,23,26)/t16-,17+/m0/s1. The summed E-state index contributed by atoms with van der Waals surface area (Å²) in [5.74, 6) is -0.0163. The molecule has 0 unspecified atom stereocenters. The summed E-state index contributed by atoms with van der Waals surface area (Å²) in [6, 6.07) is 1.03. The van der Waals surface area contributed by atoms with E-state index in [1.165, 1.54) is 11.3 Å². The van der Waals surface area contributed by atoms with Crippen molar-refractivity contribution >= 4 is 17.2 Å². The summed E-state index contributed by atoms with van der Waals surface area (Å²) in [5, 5.41) is 7.31. The lowest BCUT2D eigenvalue weighted by atomic mass is 9.90. The summed E-state index contributed by atoms with van der Waals surface area (Å²) in [4.78, 5) is 21.4. The van der Waals surface area contributed by atoms with Crippen LogP contribution in [0.4, 0.5) is 0 Å². The van der Waals surface area contributed by atoms with Gasteiger partial charge in [-0.2, -0.15) is 0 Å². The molecule has 28 heavy (non-hydrogen) atoms. The topological polar surface area (TPSA) is 66.5 Å². The highest BCUT2D eigenvalue weighted by Gasteiger charge is 2.30. The summed E-state index contributed by atoms with van der Waals surface area (Å²) >= 11 is 1.58. The summed E-state index contributed by atoms with van der Waals surface area (Å²) in [6.07, 6.45) is 7.62. The van der Waals surface area contributed by atoms with Crippen LogP contribution in [-0.4, -0.2) is 53.7 Å². The van der Waals surface area contributed by atoms with Gasteiger partial charge in [0.05, 0.1) is 5.69 Å². The molecule has 1 aromatic heterocycles. The molecule has 0 spiro atoms. The number of allylic oxidation sites excluding steroid dienone is 1. The number of rotatable bonds is 5. The Hall–Kier alpha value is -1.44. The highest BCUT2D eigenvalue weighted by atomic mass is 32.1. The Morgan fingerprint density at radius 2 is 1.89 bits per heavy atom. The Morgan fingerprint density at radius 1 is 1.18 bits per heavy atom. The molecule has 1 saturated carbocycles. The van der Waals surface area contributed by atoms with Crippen LogP contribution in [0.15, 0.2) is 12.3 Å². The molecule has 1 aromatic rings. The molecule has 7 heteroatoms.